The second kappa shape index (κ2) is 5.48. The van der Waals surface area contributed by atoms with Crippen molar-refractivity contribution >= 4 is 5.91 Å². The van der Waals surface area contributed by atoms with Crippen LogP contribution in [-0.4, -0.2) is 25.0 Å². The molecule has 0 bridgehead atoms. The lowest BCUT2D eigenvalue weighted by atomic mass is 9.91. The molecule has 1 saturated carbocycles. The number of carbonyl (C=O) groups excluding carboxylic acids is 1. The Kier molecular flexibility index (Phi) is 4.54. The summed E-state index contributed by atoms with van der Waals surface area (Å²) in [7, 11) is 0. The van der Waals surface area contributed by atoms with Crippen LogP contribution in [0.3, 0.4) is 0 Å². The summed E-state index contributed by atoms with van der Waals surface area (Å²) >= 11 is 0. The van der Waals surface area contributed by atoms with Gasteiger partial charge in [0.1, 0.15) is 0 Å². The van der Waals surface area contributed by atoms with Gasteiger partial charge in [-0.1, -0.05) is 26.8 Å². The first-order chi connectivity index (χ1) is 7.44. The van der Waals surface area contributed by atoms with E-state index in [9.17, 15) is 4.79 Å². The molecule has 0 aromatic rings. The molecule has 0 aliphatic heterocycles. The topological polar surface area (TPSA) is 41.1 Å². The van der Waals surface area contributed by atoms with Crippen LogP contribution in [0.2, 0.25) is 0 Å². The van der Waals surface area contributed by atoms with Gasteiger partial charge in [0.15, 0.2) is 0 Å². The number of amides is 1. The quantitative estimate of drug-likeness (QED) is 0.698. The number of rotatable bonds is 5. The van der Waals surface area contributed by atoms with E-state index in [-0.39, 0.29) is 5.91 Å². The van der Waals surface area contributed by atoms with Gasteiger partial charge >= 0.3 is 0 Å². The van der Waals surface area contributed by atoms with Crippen LogP contribution in [0.25, 0.3) is 0 Å². The van der Waals surface area contributed by atoms with Crippen LogP contribution in [0.15, 0.2) is 12.7 Å². The monoisotopic (exact) mass is 224 g/mol. The Bertz CT molecular complexity index is 261. The van der Waals surface area contributed by atoms with Crippen LogP contribution >= 0.6 is 0 Å². The van der Waals surface area contributed by atoms with Gasteiger partial charge in [-0.2, -0.15) is 0 Å². The molecule has 1 rings (SSSR count). The Morgan fingerprint density at radius 3 is 2.69 bits per heavy atom. The highest BCUT2D eigenvalue weighted by Gasteiger charge is 2.36. The fourth-order valence-electron chi connectivity index (χ4n) is 2.64. The zero-order valence-electron chi connectivity index (χ0n) is 10.7. The summed E-state index contributed by atoms with van der Waals surface area (Å²) in [5.74, 6) is 0.707. The smallest absolute Gasteiger partial charge is 0.234 e. The third-order valence-corrected chi connectivity index (χ3v) is 3.30. The molecule has 3 nitrogen and oxygen atoms in total. The second-order valence-corrected chi connectivity index (χ2v) is 5.63. The Balaban J connectivity index is 2.28. The SMILES string of the molecule is C=CCNC(=O)CN[C@@H]1CC(C)(C)C[C@H]1C. The highest BCUT2D eigenvalue weighted by molar-refractivity contribution is 5.78. The zero-order chi connectivity index (χ0) is 12.2. The molecule has 0 aromatic carbocycles. The van der Waals surface area contributed by atoms with Crippen LogP contribution in [0.1, 0.15) is 33.6 Å². The average molecular weight is 224 g/mol. The third-order valence-electron chi connectivity index (χ3n) is 3.30. The lowest BCUT2D eigenvalue weighted by Gasteiger charge is -2.18. The molecule has 0 aromatic heterocycles. The standard InChI is InChI=1S/C13H24N2O/c1-5-6-14-12(16)9-15-11-8-13(3,4)7-10(11)2/h5,10-11,15H,1,6-9H2,2-4H3,(H,14,16)/t10-,11-/m1/s1. The van der Waals surface area contributed by atoms with Crippen LogP contribution in [-0.2, 0) is 4.79 Å². The van der Waals surface area contributed by atoms with Crippen molar-refractivity contribution in [2.45, 2.75) is 39.7 Å². The first-order valence-corrected chi connectivity index (χ1v) is 6.05. The van der Waals surface area contributed by atoms with E-state index in [1.54, 1.807) is 6.08 Å². The molecule has 2 N–H and O–H groups in total. The van der Waals surface area contributed by atoms with Crippen molar-refractivity contribution in [1.82, 2.24) is 10.6 Å². The lowest BCUT2D eigenvalue weighted by molar-refractivity contribution is -0.120. The predicted octanol–water partition coefficient (Wildman–Crippen LogP) is 1.70. The number of hydrogen-bond donors (Lipinski definition) is 2. The average Bonchev–Trinajstić information content (AvgIpc) is 2.45. The number of carbonyl (C=O) groups is 1. The van der Waals surface area contributed by atoms with Gasteiger partial charge in [-0.25, -0.2) is 0 Å². The van der Waals surface area contributed by atoms with Gasteiger partial charge < -0.3 is 10.6 Å². The molecule has 0 radical (unpaired) electrons. The normalized spacial score (nSPS) is 27.7. The molecule has 92 valence electrons. The van der Waals surface area contributed by atoms with Gasteiger partial charge in [0.2, 0.25) is 5.91 Å². The minimum absolute atomic E-state index is 0.0526. The molecule has 3 heteroatoms. The van der Waals surface area contributed by atoms with Crippen LogP contribution in [0.5, 0.6) is 0 Å². The van der Waals surface area contributed by atoms with E-state index in [4.69, 9.17) is 0 Å². The van der Waals surface area contributed by atoms with Gasteiger partial charge in [-0.15, -0.1) is 6.58 Å². The van der Waals surface area contributed by atoms with E-state index in [0.29, 0.717) is 30.5 Å². The van der Waals surface area contributed by atoms with Crippen molar-refractivity contribution in [3.8, 4) is 0 Å². The first kappa shape index (κ1) is 13.2. The number of hydrogen-bond acceptors (Lipinski definition) is 2. The molecular formula is C13H24N2O. The molecule has 0 saturated heterocycles. The largest absolute Gasteiger partial charge is 0.352 e. The molecule has 0 heterocycles. The van der Waals surface area contributed by atoms with Crippen LogP contribution < -0.4 is 10.6 Å². The Morgan fingerprint density at radius 1 is 1.50 bits per heavy atom. The maximum atomic E-state index is 11.4. The van der Waals surface area contributed by atoms with Crippen molar-refractivity contribution in [2.75, 3.05) is 13.1 Å². The number of nitrogens with one attached hydrogen (secondary N) is 2. The Morgan fingerprint density at radius 2 is 2.19 bits per heavy atom. The fourth-order valence-corrected chi connectivity index (χ4v) is 2.64. The maximum Gasteiger partial charge on any atom is 0.234 e. The summed E-state index contributed by atoms with van der Waals surface area (Å²) in [6.45, 7) is 11.4. The third kappa shape index (κ3) is 3.97. The van der Waals surface area contributed by atoms with Crippen molar-refractivity contribution in [3.63, 3.8) is 0 Å². The lowest BCUT2D eigenvalue weighted by Crippen LogP contribution is -2.40. The van der Waals surface area contributed by atoms with Gasteiger partial charge in [0, 0.05) is 12.6 Å². The minimum atomic E-state index is 0.0526. The van der Waals surface area contributed by atoms with Gasteiger partial charge in [-0.3, -0.25) is 4.79 Å². The summed E-state index contributed by atoms with van der Waals surface area (Å²) in [6.07, 6.45) is 4.08. The van der Waals surface area contributed by atoms with E-state index in [1.165, 1.54) is 6.42 Å². The van der Waals surface area contributed by atoms with Crippen molar-refractivity contribution in [3.05, 3.63) is 12.7 Å². The molecule has 1 amide bonds. The van der Waals surface area contributed by atoms with E-state index in [1.807, 2.05) is 0 Å². The zero-order valence-corrected chi connectivity index (χ0v) is 10.7. The minimum Gasteiger partial charge on any atom is -0.352 e. The summed E-state index contributed by atoms with van der Waals surface area (Å²) < 4.78 is 0. The maximum absolute atomic E-state index is 11.4. The van der Waals surface area contributed by atoms with E-state index in [0.717, 1.165) is 6.42 Å². The van der Waals surface area contributed by atoms with E-state index < -0.39 is 0 Å². The van der Waals surface area contributed by atoms with Crippen molar-refractivity contribution in [1.29, 1.82) is 0 Å². The van der Waals surface area contributed by atoms with Gasteiger partial charge in [-0.05, 0) is 24.2 Å². The molecule has 1 aliphatic carbocycles. The Hall–Kier alpha value is -0.830. The molecular weight excluding hydrogens is 200 g/mol. The van der Waals surface area contributed by atoms with Crippen molar-refractivity contribution in [2.24, 2.45) is 11.3 Å². The van der Waals surface area contributed by atoms with Crippen LogP contribution in [0.4, 0.5) is 0 Å². The predicted molar refractivity (Wildman–Crippen MR) is 67.2 cm³/mol. The summed E-state index contributed by atoms with van der Waals surface area (Å²) in [6, 6.07) is 0.476. The highest BCUT2D eigenvalue weighted by Crippen LogP contribution is 2.40. The summed E-state index contributed by atoms with van der Waals surface area (Å²) in [4.78, 5) is 11.4. The van der Waals surface area contributed by atoms with Crippen molar-refractivity contribution < 1.29 is 4.79 Å². The first-order valence-electron chi connectivity index (χ1n) is 6.05. The Labute approximate surface area is 98.7 Å². The van der Waals surface area contributed by atoms with E-state index >= 15 is 0 Å². The molecule has 0 unspecified atom stereocenters. The molecule has 0 spiro atoms. The van der Waals surface area contributed by atoms with Gasteiger partial charge in [0.05, 0.1) is 6.54 Å². The summed E-state index contributed by atoms with van der Waals surface area (Å²) in [5, 5.41) is 6.12. The second-order valence-electron chi connectivity index (χ2n) is 5.63. The van der Waals surface area contributed by atoms with Gasteiger partial charge in [0.25, 0.3) is 0 Å². The molecule has 1 aliphatic rings. The van der Waals surface area contributed by atoms with E-state index in [2.05, 4.69) is 38.0 Å². The highest BCUT2D eigenvalue weighted by atomic mass is 16.1. The summed E-state index contributed by atoms with van der Waals surface area (Å²) in [5.41, 5.74) is 0.411. The fraction of sp³-hybridized carbons (Fsp3) is 0.769. The van der Waals surface area contributed by atoms with Crippen LogP contribution in [0, 0.1) is 11.3 Å². The molecule has 1 fully saturated rings. The molecule has 16 heavy (non-hydrogen) atoms. The molecule has 2 atom stereocenters.